The number of para-hydroxylation sites is 3. The Morgan fingerprint density at radius 1 is 0.466 bits per heavy atom. The first-order valence-electron chi connectivity index (χ1n) is 19.4. The van der Waals surface area contributed by atoms with Gasteiger partial charge < -0.3 is 10.2 Å². The molecule has 2 aliphatic heterocycles. The summed E-state index contributed by atoms with van der Waals surface area (Å²) in [7, 11) is 0. The molecule has 11 rings (SSSR count). The molecule has 0 radical (unpaired) electrons. The molecular formula is C52H34F2N4. The van der Waals surface area contributed by atoms with Crippen LogP contribution in [0.15, 0.2) is 204 Å². The number of aliphatic imine (C=N–C) groups is 2. The number of nitrogens with zero attached hydrogens (tertiary/aromatic N) is 3. The normalized spacial score (nSPS) is 15.7. The summed E-state index contributed by atoms with van der Waals surface area (Å²) in [5, 5.41) is 3.50. The molecular weight excluding hydrogens is 719 g/mol. The van der Waals surface area contributed by atoms with E-state index in [-0.39, 0.29) is 11.6 Å². The molecule has 4 nitrogen and oxygen atoms in total. The van der Waals surface area contributed by atoms with Crippen LogP contribution in [0.1, 0.15) is 45.1 Å². The monoisotopic (exact) mass is 752 g/mol. The maximum atomic E-state index is 14.0. The number of halogens is 2. The van der Waals surface area contributed by atoms with Crippen LogP contribution in [-0.2, 0) is 5.41 Å². The molecule has 1 atom stereocenters. The molecule has 58 heavy (non-hydrogen) atoms. The second-order valence-corrected chi connectivity index (χ2v) is 14.9. The lowest BCUT2D eigenvalue weighted by molar-refractivity contribution is 0.627. The topological polar surface area (TPSA) is 40.0 Å². The van der Waals surface area contributed by atoms with Gasteiger partial charge in [-0.2, -0.15) is 0 Å². The van der Waals surface area contributed by atoms with Crippen molar-refractivity contribution in [1.82, 2.24) is 5.32 Å². The van der Waals surface area contributed by atoms with Crippen molar-refractivity contribution < 1.29 is 8.78 Å². The van der Waals surface area contributed by atoms with E-state index < -0.39 is 11.6 Å². The largest absolute Gasteiger partial charge is 0.344 e. The molecule has 0 saturated heterocycles. The van der Waals surface area contributed by atoms with E-state index in [0.717, 1.165) is 39.3 Å². The van der Waals surface area contributed by atoms with E-state index in [1.807, 2.05) is 0 Å². The van der Waals surface area contributed by atoms with Crippen LogP contribution in [0.25, 0.3) is 22.3 Å². The zero-order valence-corrected chi connectivity index (χ0v) is 31.2. The molecule has 8 aromatic carbocycles. The van der Waals surface area contributed by atoms with E-state index in [1.54, 1.807) is 24.3 Å². The molecule has 1 N–H and O–H groups in total. The highest BCUT2D eigenvalue weighted by molar-refractivity contribution is 6.13. The maximum Gasteiger partial charge on any atom is 0.159 e. The lowest BCUT2D eigenvalue weighted by atomic mass is 9.64. The number of hydrogen-bond donors (Lipinski definition) is 1. The van der Waals surface area contributed by atoms with Gasteiger partial charge in [0.2, 0.25) is 0 Å². The average molecular weight is 753 g/mol. The smallest absolute Gasteiger partial charge is 0.159 e. The Morgan fingerprint density at radius 3 is 1.74 bits per heavy atom. The first-order chi connectivity index (χ1) is 28.6. The van der Waals surface area contributed by atoms with E-state index in [0.29, 0.717) is 17.2 Å². The van der Waals surface area contributed by atoms with E-state index in [4.69, 9.17) is 9.98 Å². The van der Waals surface area contributed by atoms with Gasteiger partial charge in [-0.3, -0.25) is 0 Å². The fourth-order valence-electron chi connectivity index (χ4n) is 9.13. The van der Waals surface area contributed by atoms with Crippen molar-refractivity contribution in [1.29, 1.82) is 0 Å². The average Bonchev–Trinajstić information content (AvgIpc) is 3.57. The van der Waals surface area contributed by atoms with E-state index >= 15 is 0 Å². The van der Waals surface area contributed by atoms with Crippen molar-refractivity contribution in [3.8, 4) is 22.3 Å². The summed E-state index contributed by atoms with van der Waals surface area (Å²) in [4.78, 5) is 12.2. The van der Waals surface area contributed by atoms with Crippen LogP contribution in [-0.4, -0.2) is 11.7 Å². The van der Waals surface area contributed by atoms with Crippen LogP contribution in [0.5, 0.6) is 0 Å². The predicted molar refractivity (Wildman–Crippen MR) is 229 cm³/mol. The van der Waals surface area contributed by atoms with Gasteiger partial charge in [0.1, 0.15) is 23.6 Å². The van der Waals surface area contributed by atoms with Gasteiger partial charge in [0.15, 0.2) is 5.84 Å². The van der Waals surface area contributed by atoms with Crippen LogP contribution in [0, 0.1) is 11.6 Å². The first kappa shape index (κ1) is 33.9. The summed E-state index contributed by atoms with van der Waals surface area (Å²) in [5.74, 6) is 0.356. The first-order valence-corrected chi connectivity index (χ1v) is 19.4. The Balaban J connectivity index is 1.07. The lowest BCUT2D eigenvalue weighted by Crippen LogP contribution is -2.36. The predicted octanol–water partition coefficient (Wildman–Crippen LogP) is 12.3. The summed E-state index contributed by atoms with van der Waals surface area (Å²) in [6.45, 7) is 0. The van der Waals surface area contributed by atoms with E-state index in [2.05, 4.69) is 156 Å². The molecule has 1 aliphatic carbocycles. The molecule has 0 bridgehead atoms. The minimum Gasteiger partial charge on any atom is -0.344 e. The molecule has 276 valence electrons. The molecule has 0 aromatic heterocycles. The molecule has 6 heteroatoms. The molecule has 1 unspecified atom stereocenters. The third-order valence-corrected chi connectivity index (χ3v) is 11.7. The molecule has 3 aliphatic rings. The van der Waals surface area contributed by atoms with Gasteiger partial charge in [-0.05, 0) is 135 Å². The highest BCUT2D eigenvalue weighted by Gasteiger charge is 2.51. The van der Waals surface area contributed by atoms with Crippen molar-refractivity contribution in [2.45, 2.75) is 11.6 Å². The number of anilines is 3. The number of benzene rings is 8. The van der Waals surface area contributed by atoms with Crippen LogP contribution < -0.4 is 10.2 Å². The Labute approximate surface area is 335 Å². The molecule has 8 aromatic rings. The second kappa shape index (κ2) is 13.4. The summed E-state index contributed by atoms with van der Waals surface area (Å²) in [5.41, 5.74) is 14.7. The van der Waals surface area contributed by atoms with Gasteiger partial charge in [0, 0.05) is 16.8 Å². The lowest BCUT2D eigenvalue weighted by Gasteiger charge is -2.45. The van der Waals surface area contributed by atoms with Crippen molar-refractivity contribution in [2.24, 2.45) is 9.98 Å². The van der Waals surface area contributed by atoms with Crippen LogP contribution in [0.3, 0.4) is 0 Å². The van der Waals surface area contributed by atoms with E-state index in [9.17, 15) is 8.78 Å². The fraction of sp³-hybridized carbons (Fsp3) is 0.0385. The fourth-order valence-corrected chi connectivity index (χ4v) is 9.13. The molecule has 2 heterocycles. The Hall–Kier alpha value is -7.44. The van der Waals surface area contributed by atoms with E-state index in [1.165, 1.54) is 57.6 Å². The van der Waals surface area contributed by atoms with Crippen molar-refractivity contribution in [3.63, 3.8) is 0 Å². The summed E-state index contributed by atoms with van der Waals surface area (Å²) in [6.07, 6.45) is -0.511. The zero-order chi connectivity index (χ0) is 38.8. The van der Waals surface area contributed by atoms with Gasteiger partial charge in [-0.1, -0.05) is 109 Å². The van der Waals surface area contributed by atoms with Gasteiger partial charge in [0.25, 0.3) is 0 Å². The SMILES string of the molecule is Fc1ccc(C2=NC(c3cccc(-c4ccc5c(c4)C4(c6ccccc6-5)c5ccccc5N(c5ccccc5)c5ccccc54)c3)NC(c3ccc(F)cc3)=N2)cc1. The van der Waals surface area contributed by atoms with Crippen LogP contribution in [0.4, 0.5) is 25.8 Å². The number of fused-ring (bicyclic) bond motifs is 9. The molecule has 0 fully saturated rings. The summed E-state index contributed by atoms with van der Waals surface area (Å²) >= 11 is 0. The van der Waals surface area contributed by atoms with Crippen molar-refractivity contribution >= 4 is 28.7 Å². The van der Waals surface area contributed by atoms with Gasteiger partial charge in [-0.15, -0.1) is 0 Å². The van der Waals surface area contributed by atoms with Gasteiger partial charge in [0.05, 0.1) is 16.8 Å². The zero-order valence-electron chi connectivity index (χ0n) is 31.2. The molecule has 0 saturated carbocycles. The Bertz CT molecular complexity index is 2910. The minimum absolute atomic E-state index is 0.329. The third-order valence-electron chi connectivity index (χ3n) is 11.7. The number of nitrogens with one attached hydrogen (secondary N) is 1. The summed E-state index contributed by atoms with van der Waals surface area (Å²) in [6, 6.07) is 64.8. The standard InChI is InChI=1S/C52H34F2N4/c53-38-26-21-33(22-27-38)49-55-50(34-23-28-39(54)29-24-34)57-51(56-49)37-12-10-11-35(31-37)36-25-30-42-41-15-4-5-16-43(41)52(46(42)32-36)44-17-6-8-19-47(44)58(40-13-2-1-3-14-40)48-20-9-7-18-45(48)52/h1-32,51H,(H,55,56,57). The maximum absolute atomic E-state index is 14.0. The summed E-state index contributed by atoms with van der Waals surface area (Å²) < 4.78 is 27.9. The molecule has 1 spiro atoms. The third kappa shape index (κ3) is 5.26. The quantitative estimate of drug-likeness (QED) is 0.190. The Kier molecular flexibility index (Phi) is 7.79. The van der Waals surface area contributed by atoms with Gasteiger partial charge >= 0.3 is 0 Å². The van der Waals surface area contributed by atoms with Crippen LogP contribution >= 0.6 is 0 Å². The number of rotatable bonds is 5. The second-order valence-electron chi connectivity index (χ2n) is 14.9. The highest BCUT2D eigenvalue weighted by Crippen LogP contribution is 2.63. The number of hydrogen-bond acceptors (Lipinski definition) is 4. The van der Waals surface area contributed by atoms with Crippen LogP contribution in [0.2, 0.25) is 0 Å². The Morgan fingerprint density at radius 2 is 1.03 bits per heavy atom. The van der Waals surface area contributed by atoms with Crippen molar-refractivity contribution in [2.75, 3.05) is 4.90 Å². The highest BCUT2D eigenvalue weighted by atomic mass is 19.1. The van der Waals surface area contributed by atoms with Gasteiger partial charge in [-0.25, -0.2) is 18.8 Å². The van der Waals surface area contributed by atoms with Crippen molar-refractivity contribution in [3.05, 3.63) is 245 Å². The molecule has 0 amide bonds. The minimum atomic E-state index is -0.572. The number of amidine groups is 2.